The van der Waals surface area contributed by atoms with E-state index in [1.165, 1.54) is 4.90 Å². The Hall–Kier alpha value is -2.55. The van der Waals surface area contributed by atoms with Crippen LogP contribution < -0.4 is 5.32 Å². The largest absolute Gasteiger partial charge is 0.481 e. The van der Waals surface area contributed by atoms with Crippen molar-refractivity contribution in [2.75, 3.05) is 18.4 Å². The van der Waals surface area contributed by atoms with Crippen LogP contribution in [0.5, 0.6) is 0 Å². The molecule has 1 unspecified atom stereocenters. The fourth-order valence-corrected chi connectivity index (χ4v) is 1.65. The van der Waals surface area contributed by atoms with Gasteiger partial charge in [-0.25, -0.2) is 4.79 Å². The molecule has 0 bridgehead atoms. The number of hydrogen-bond acceptors (Lipinski definition) is 3. The molecular formula is C14H17N3O3. The number of nitrogens with zero attached hydrogens (tertiary/aromatic N) is 2. The van der Waals surface area contributed by atoms with E-state index in [1.807, 2.05) is 6.07 Å². The zero-order valence-electron chi connectivity index (χ0n) is 11.5. The quantitative estimate of drug-likeness (QED) is 0.860. The van der Waals surface area contributed by atoms with Gasteiger partial charge in [-0.1, -0.05) is 19.1 Å². The van der Waals surface area contributed by atoms with E-state index in [-0.39, 0.29) is 6.54 Å². The molecule has 106 valence electrons. The molecule has 0 aliphatic rings. The van der Waals surface area contributed by atoms with E-state index < -0.39 is 17.9 Å². The van der Waals surface area contributed by atoms with Crippen molar-refractivity contribution in [1.29, 1.82) is 5.26 Å². The van der Waals surface area contributed by atoms with E-state index in [4.69, 9.17) is 10.4 Å². The second-order valence-electron chi connectivity index (χ2n) is 4.37. The first kappa shape index (κ1) is 15.5. The molecule has 0 radical (unpaired) electrons. The fraction of sp³-hybridized carbons (Fsp3) is 0.357. The van der Waals surface area contributed by atoms with E-state index in [0.717, 1.165) is 0 Å². The summed E-state index contributed by atoms with van der Waals surface area (Å²) in [5.41, 5.74) is 0.782. The number of carboxylic acids is 1. The van der Waals surface area contributed by atoms with Gasteiger partial charge in [0.15, 0.2) is 0 Å². The lowest BCUT2D eigenvalue weighted by Crippen LogP contribution is -2.39. The van der Waals surface area contributed by atoms with Gasteiger partial charge in [0.05, 0.1) is 17.2 Å². The number of anilines is 1. The zero-order valence-corrected chi connectivity index (χ0v) is 11.5. The number of benzene rings is 1. The summed E-state index contributed by atoms with van der Waals surface area (Å²) in [5.74, 6) is -1.60. The molecular weight excluding hydrogens is 258 g/mol. The highest BCUT2D eigenvalue weighted by Crippen LogP contribution is 2.14. The third-order valence-electron chi connectivity index (χ3n) is 2.87. The number of carbonyl (C=O) groups is 2. The Kier molecular flexibility index (Phi) is 5.54. The molecule has 6 nitrogen and oxygen atoms in total. The molecule has 1 rings (SSSR count). The van der Waals surface area contributed by atoms with Crippen LogP contribution in [0.4, 0.5) is 10.5 Å². The highest BCUT2D eigenvalue weighted by atomic mass is 16.4. The van der Waals surface area contributed by atoms with E-state index in [0.29, 0.717) is 17.8 Å². The number of nitriles is 1. The molecule has 2 amide bonds. The van der Waals surface area contributed by atoms with Gasteiger partial charge in [0.1, 0.15) is 6.07 Å². The molecule has 2 N–H and O–H groups in total. The van der Waals surface area contributed by atoms with Crippen molar-refractivity contribution in [1.82, 2.24) is 4.90 Å². The van der Waals surface area contributed by atoms with E-state index in [1.54, 1.807) is 38.1 Å². The number of rotatable bonds is 5. The lowest BCUT2D eigenvalue weighted by Gasteiger charge is -2.23. The van der Waals surface area contributed by atoms with Crippen molar-refractivity contribution >= 4 is 17.7 Å². The molecule has 0 aromatic heterocycles. The van der Waals surface area contributed by atoms with Crippen LogP contribution >= 0.6 is 0 Å². The topological polar surface area (TPSA) is 93.4 Å². The Morgan fingerprint density at radius 3 is 2.65 bits per heavy atom. The number of carboxylic acid groups (broad SMARTS) is 1. The van der Waals surface area contributed by atoms with Gasteiger partial charge in [0, 0.05) is 13.1 Å². The van der Waals surface area contributed by atoms with Gasteiger partial charge < -0.3 is 15.3 Å². The standard InChI is InChI=1S/C14H17N3O3/c1-3-17(9-10(2)13(18)19)14(20)16-12-7-5-4-6-11(12)8-15/h4-7,10H,3,9H2,1-2H3,(H,16,20)(H,18,19). The first-order valence-corrected chi connectivity index (χ1v) is 6.27. The second-order valence-corrected chi connectivity index (χ2v) is 4.37. The maximum atomic E-state index is 12.1. The van der Waals surface area contributed by atoms with Crippen LogP contribution in [0.1, 0.15) is 19.4 Å². The molecule has 1 aromatic rings. The van der Waals surface area contributed by atoms with Gasteiger partial charge in [-0.3, -0.25) is 4.79 Å². The molecule has 0 fully saturated rings. The van der Waals surface area contributed by atoms with E-state index >= 15 is 0 Å². The van der Waals surface area contributed by atoms with Gasteiger partial charge in [0.2, 0.25) is 0 Å². The second kappa shape index (κ2) is 7.14. The number of carbonyl (C=O) groups excluding carboxylic acids is 1. The number of hydrogen-bond donors (Lipinski definition) is 2. The predicted octanol–water partition coefficient (Wildman–Crippen LogP) is 2.13. The molecule has 6 heteroatoms. The molecule has 1 aromatic carbocycles. The monoisotopic (exact) mass is 275 g/mol. The van der Waals surface area contributed by atoms with Crippen LogP contribution in [0.3, 0.4) is 0 Å². The maximum Gasteiger partial charge on any atom is 0.321 e. The highest BCUT2D eigenvalue weighted by Gasteiger charge is 2.19. The first-order chi connectivity index (χ1) is 9.49. The minimum Gasteiger partial charge on any atom is -0.481 e. The van der Waals surface area contributed by atoms with Crippen LogP contribution in [0.15, 0.2) is 24.3 Å². The minimum absolute atomic E-state index is 0.117. The number of para-hydroxylation sites is 1. The van der Waals surface area contributed by atoms with Crippen molar-refractivity contribution in [3.8, 4) is 6.07 Å². The lowest BCUT2D eigenvalue weighted by atomic mass is 10.1. The van der Waals surface area contributed by atoms with Crippen LogP contribution in [0.2, 0.25) is 0 Å². The Balaban J connectivity index is 2.78. The summed E-state index contributed by atoms with van der Waals surface area (Å²) in [4.78, 5) is 24.3. The Morgan fingerprint density at radius 2 is 2.10 bits per heavy atom. The van der Waals surface area contributed by atoms with Crippen molar-refractivity contribution in [3.05, 3.63) is 29.8 Å². The summed E-state index contributed by atoms with van der Waals surface area (Å²) in [7, 11) is 0. The van der Waals surface area contributed by atoms with Gasteiger partial charge in [-0.05, 0) is 19.1 Å². The number of urea groups is 1. The maximum absolute atomic E-state index is 12.1. The molecule has 0 spiro atoms. The van der Waals surface area contributed by atoms with Gasteiger partial charge in [-0.2, -0.15) is 5.26 Å². The molecule has 20 heavy (non-hydrogen) atoms. The summed E-state index contributed by atoms with van der Waals surface area (Å²) >= 11 is 0. The predicted molar refractivity (Wildman–Crippen MR) is 74.2 cm³/mol. The van der Waals surface area contributed by atoms with Crippen molar-refractivity contribution in [2.45, 2.75) is 13.8 Å². The van der Waals surface area contributed by atoms with Crippen molar-refractivity contribution < 1.29 is 14.7 Å². The average Bonchev–Trinajstić information content (AvgIpc) is 2.44. The molecule has 0 aliphatic heterocycles. The smallest absolute Gasteiger partial charge is 0.321 e. The van der Waals surface area contributed by atoms with Crippen LogP contribution in [-0.2, 0) is 4.79 Å². The molecule has 0 aliphatic carbocycles. The van der Waals surface area contributed by atoms with E-state index in [2.05, 4.69) is 5.32 Å². The Labute approximate surface area is 117 Å². The third kappa shape index (κ3) is 3.99. The zero-order chi connectivity index (χ0) is 15.1. The summed E-state index contributed by atoms with van der Waals surface area (Å²) in [5, 5.41) is 20.5. The molecule has 0 saturated carbocycles. The SMILES string of the molecule is CCN(CC(C)C(=O)O)C(=O)Nc1ccccc1C#N. The number of amides is 2. The minimum atomic E-state index is -0.950. The van der Waals surface area contributed by atoms with Crippen LogP contribution in [0.25, 0.3) is 0 Å². The van der Waals surface area contributed by atoms with Gasteiger partial charge in [0.25, 0.3) is 0 Å². The van der Waals surface area contributed by atoms with Gasteiger partial charge in [-0.15, -0.1) is 0 Å². The summed E-state index contributed by atoms with van der Waals surface area (Å²) in [6, 6.07) is 8.23. The first-order valence-electron chi connectivity index (χ1n) is 6.27. The van der Waals surface area contributed by atoms with Crippen LogP contribution in [-0.4, -0.2) is 35.1 Å². The fourth-order valence-electron chi connectivity index (χ4n) is 1.65. The van der Waals surface area contributed by atoms with Gasteiger partial charge >= 0.3 is 12.0 Å². The average molecular weight is 275 g/mol. The number of nitrogens with one attached hydrogen (secondary N) is 1. The summed E-state index contributed by atoms with van der Waals surface area (Å²) < 4.78 is 0. The lowest BCUT2D eigenvalue weighted by molar-refractivity contribution is -0.141. The highest BCUT2D eigenvalue weighted by molar-refractivity contribution is 5.91. The normalized spacial score (nSPS) is 11.2. The third-order valence-corrected chi connectivity index (χ3v) is 2.87. The summed E-state index contributed by atoms with van der Waals surface area (Å²) in [6.45, 7) is 3.82. The molecule has 1 atom stereocenters. The van der Waals surface area contributed by atoms with Crippen molar-refractivity contribution in [2.24, 2.45) is 5.92 Å². The van der Waals surface area contributed by atoms with Crippen LogP contribution in [0, 0.1) is 17.2 Å². The number of aliphatic carboxylic acids is 1. The summed E-state index contributed by atoms with van der Waals surface area (Å²) in [6.07, 6.45) is 0. The van der Waals surface area contributed by atoms with Crippen molar-refractivity contribution in [3.63, 3.8) is 0 Å². The Morgan fingerprint density at radius 1 is 1.45 bits per heavy atom. The van der Waals surface area contributed by atoms with E-state index in [9.17, 15) is 9.59 Å². The molecule has 0 saturated heterocycles. The molecule has 0 heterocycles. The Bertz CT molecular complexity index is 537.